The highest BCUT2D eigenvalue weighted by molar-refractivity contribution is 5.94. The van der Waals surface area contributed by atoms with Crippen molar-refractivity contribution in [3.63, 3.8) is 0 Å². The highest BCUT2D eigenvalue weighted by Gasteiger charge is 2.24. The number of carbonyl (C=O) groups is 1. The van der Waals surface area contributed by atoms with Crippen LogP contribution in [0.25, 0.3) is 11.4 Å². The lowest BCUT2D eigenvalue weighted by Crippen LogP contribution is -2.48. The molecule has 0 radical (unpaired) electrons. The number of halogens is 2. The smallest absolute Gasteiger partial charge is 0.387 e. The van der Waals surface area contributed by atoms with Gasteiger partial charge < -0.3 is 14.2 Å². The van der Waals surface area contributed by atoms with Gasteiger partial charge in [-0.25, -0.2) is 0 Å². The topological polar surface area (TPSA) is 71.7 Å². The maximum Gasteiger partial charge on any atom is 0.387 e. The second kappa shape index (κ2) is 9.86. The molecule has 4 rings (SSSR count). The summed E-state index contributed by atoms with van der Waals surface area (Å²) >= 11 is 0. The summed E-state index contributed by atoms with van der Waals surface area (Å²) in [7, 11) is 0. The number of hydrogen-bond acceptors (Lipinski definition) is 6. The number of aromatic nitrogens is 2. The first-order valence-electron chi connectivity index (χ1n) is 10.5. The summed E-state index contributed by atoms with van der Waals surface area (Å²) in [6.45, 7) is 2.09. The Labute approximate surface area is 184 Å². The van der Waals surface area contributed by atoms with E-state index >= 15 is 0 Å². The van der Waals surface area contributed by atoms with Gasteiger partial charge in [-0.1, -0.05) is 36.3 Å². The molecule has 1 amide bonds. The molecule has 7 nitrogen and oxygen atoms in total. The molecule has 1 saturated heterocycles. The number of rotatable bonds is 7. The van der Waals surface area contributed by atoms with E-state index < -0.39 is 6.61 Å². The predicted octanol–water partition coefficient (Wildman–Crippen LogP) is 3.86. The van der Waals surface area contributed by atoms with Crippen molar-refractivity contribution in [2.75, 3.05) is 26.2 Å². The number of nitrogens with zero attached hydrogens (tertiary/aromatic N) is 4. The Morgan fingerprint density at radius 1 is 1.09 bits per heavy atom. The summed E-state index contributed by atoms with van der Waals surface area (Å²) in [6.07, 6.45) is 0.940. The molecule has 9 heteroatoms. The molecule has 3 aromatic rings. The van der Waals surface area contributed by atoms with E-state index in [0.717, 1.165) is 6.42 Å². The van der Waals surface area contributed by atoms with Gasteiger partial charge in [0.1, 0.15) is 5.75 Å². The maximum atomic E-state index is 12.7. The number of para-hydroxylation sites is 1. The number of piperazine rings is 1. The lowest BCUT2D eigenvalue weighted by atomic mass is 10.1. The normalized spacial score (nSPS) is 14.7. The van der Waals surface area contributed by atoms with E-state index in [1.165, 1.54) is 11.6 Å². The van der Waals surface area contributed by atoms with Crippen LogP contribution in [0.3, 0.4) is 0 Å². The van der Waals surface area contributed by atoms with Crippen LogP contribution in [0.15, 0.2) is 53.1 Å². The van der Waals surface area contributed by atoms with Gasteiger partial charge in [0.05, 0.1) is 12.1 Å². The highest BCUT2D eigenvalue weighted by atomic mass is 19.3. The van der Waals surface area contributed by atoms with E-state index in [-0.39, 0.29) is 17.5 Å². The molecule has 1 aromatic heterocycles. The molecular formula is C23H24F2N4O3. The molecule has 0 atom stereocenters. The molecule has 0 saturated carbocycles. The standard InChI is InChI=1S/C23H24F2N4O3/c1-2-16-7-9-17(10-8-16)22(30)29-13-11-28(12-14-29)15-20-26-21(27-32-20)18-5-3-4-6-19(18)31-23(24)25/h3-10,23H,2,11-15H2,1H3. The fourth-order valence-electron chi connectivity index (χ4n) is 3.64. The van der Waals surface area contributed by atoms with Crippen molar-refractivity contribution in [3.05, 3.63) is 65.5 Å². The predicted molar refractivity (Wildman–Crippen MR) is 113 cm³/mol. The molecule has 0 bridgehead atoms. The first kappa shape index (κ1) is 21.9. The summed E-state index contributed by atoms with van der Waals surface area (Å²) in [6, 6.07) is 14.1. The zero-order chi connectivity index (χ0) is 22.5. The van der Waals surface area contributed by atoms with Crippen LogP contribution in [0.2, 0.25) is 0 Å². The number of amides is 1. The van der Waals surface area contributed by atoms with Crippen molar-refractivity contribution < 1.29 is 22.8 Å². The van der Waals surface area contributed by atoms with Crippen molar-refractivity contribution in [1.82, 2.24) is 19.9 Å². The third kappa shape index (κ3) is 5.11. The van der Waals surface area contributed by atoms with Gasteiger partial charge in [-0.2, -0.15) is 13.8 Å². The summed E-state index contributed by atoms with van der Waals surface area (Å²) < 4.78 is 35.1. The molecule has 2 heterocycles. The molecule has 0 aliphatic carbocycles. The number of hydrogen-bond donors (Lipinski definition) is 0. The van der Waals surface area contributed by atoms with Gasteiger partial charge in [0.15, 0.2) is 0 Å². The van der Waals surface area contributed by atoms with Crippen molar-refractivity contribution >= 4 is 5.91 Å². The molecule has 0 spiro atoms. The van der Waals surface area contributed by atoms with Gasteiger partial charge in [-0.15, -0.1) is 0 Å². The van der Waals surface area contributed by atoms with Crippen LogP contribution < -0.4 is 4.74 Å². The molecule has 0 unspecified atom stereocenters. The van der Waals surface area contributed by atoms with Crippen LogP contribution in [0.1, 0.15) is 28.7 Å². The molecular weight excluding hydrogens is 418 g/mol. The van der Waals surface area contributed by atoms with E-state index in [0.29, 0.717) is 49.7 Å². The third-order valence-corrected chi connectivity index (χ3v) is 5.44. The van der Waals surface area contributed by atoms with Gasteiger partial charge >= 0.3 is 6.61 Å². The first-order valence-corrected chi connectivity index (χ1v) is 10.5. The van der Waals surface area contributed by atoms with Crippen LogP contribution in [0, 0.1) is 0 Å². The molecule has 2 aromatic carbocycles. The van der Waals surface area contributed by atoms with E-state index in [9.17, 15) is 13.6 Å². The fourth-order valence-corrected chi connectivity index (χ4v) is 3.64. The maximum absolute atomic E-state index is 12.7. The van der Waals surface area contributed by atoms with E-state index in [1.807, 2.05) is 29.2 Å². The molecule has 1 aliphatic heterocycles. The quantitative estimate of drug-likeness (QED) is 0.553. The Morgan fingerprint density at radius 3 is 2.50 bits per heavy atom. The SMILES string of the molecule is CCc1ccc(C(=O)N2CCN(Cc3nc(-c4ccccc4OC(F)F)no3)CC2)cc1. The van der Waals surface area contributed by atoms with Gasteiger partial charge in [0, 0.05) is 31.7 Å². The van der Waals surface area contributed by atoms with E-state index in [4.69, 9.17) is 4.52 Å². The van der Waals surface area contributed by atoms with Crippen LogP contribution in [0.5, 0.6) is 5.75 Å². The van der Waals surface area contributed by atoms with Crippen LogP contribution >= 0.6 is 0 Å². The van der Waals surface area contributed by atoms with Crippen molar-refractivity contribution in [1.29, 1.82) is 0 Å². The zero-order valence-electron chi connectivity index (χ0n) is 17.7. The minimum absolute atomic E-state index is 0.00561. The monoisotopic (exact) mass is 442 g/mol. The molecule has 168 valence electrons. The van der Waals surface area contributed by atoms with E-state index in [2.05, 4.69) is 26.7 Å². The molecule has 1 aliphatic rings. The number of alkyl halides is 2. The lowest BCUT2D eigenvalue weighted by molar-refractivity contribution is -0.0494. The second-order valence-corrected chi connectivity index (χ2v) is 7.51. The molecule has 0 N–H and O–H groups in total. The fraction of sp³-hybridized carbons (Fsp3) is 0.348. The average molecular weight is 442 g/mol. The lowest BCUT2D eigenvalue weighted by Gasteiger charge is -2.34. The Balaban J connectivity index is 1.34. The summed E-state index contributed by atoms with van der Waals surface area (Å²) in [5, 5.41) is 3.91. The van der Waals surface area contributed by atoms with Crippen LogP contribution in [-0.2, 0) is 13.0 Å². The number of ether oxygens (including phenoxy) is 1. The van der Waals surface area contributed by atoms with Crippen molar-refractivity contribution in [2.45, 2.75) is 26.5 Å². The van der Waals surface area contributed by atoms with Gasteiger partial charge in [0.2, 0.25) is 11.7 Å². The number of carbonyl (C=O) groups excluding carboxylic acids is 1. The van der Waals surface area contributed by atoms with Crippen molar-refractivity contribution in [3.8, 4) is 17.1 Å². The Kier molecular flexibility index (Phi) is 6.75. The molecule has 1 fully saturated rings. The Morgan fingerprint density at radius 2 is 1.81 bits per heavy atom. The van der Waals surface area contributed by atoms with Gasteiger partial charge in [-0.3, -0.25) is 9.69 Å². The zero-order valence-corrected chi connectivity index (χ0v) is 17.7. The Bertz CT molecular complexity index is 1050. The largest absolute Gasteiger partial charge is 0.434 e. The second-order valence-electron chi connectivity index (χ2n) is 7.51. The summed E-state index contributed by atoms with van der Waals surface area (Å²) in [5.41, 5.74) is 2.24. The third-order valence-electron chi connectivity index (χ3n) is 5.44. The highest BCUT2D eigenvalue weighted by Crippen LogP contribution is 2.29. The summed E-state index contributed by atoms with van der Waals surface area (Å²) in [5.74, 6) is 0.597. The minimum Gasteiger partial charge on any atom is -0.434 e. The Hall–Kier alpha value is -3.33. The number of benzene rings is 2. The van der Waals surface area contributed by atoms with Gasteiger partial charge in [0.25, 0.3) is 5.91 Å². The van der Waals surface area contributed by atoms with Crippen molar-refractivity contribution in [2.24, 2.45) is 0 Å². The number of aryl methyl sites for hydroxylation is 1. The van der Waals surface area contributed by atoms with Crippen LogP contribution in [0.4, 0.5) is 8.78 Å². The summed E-state index contributed by atoms with van der Waals surface area (Å²) in [4.78, 5) is 21.0. The van der Waals surface area contributed by atoms with Crippen LogP contribution in [-0.4, -0.2) is 58.6 Å². The average Bonchev–Trinajstić information content (AvgIpc) is 3.27. The molecule has 32 heavy (non-hydrogen) atoms. The minimum atomic E-state index is -2.94. The first-order chi connectivity index (χ1) is 15.5. The van der Waals surface area contributed by atoms with E-state index in [1.54, 1.807) is 18.2 Å². The van der Waals surface area contributed by atoms with Gasteiger partial charge in [-0.05, 0) is 36.2 Å².